The van der Waals surface area contributed by atoms with E-state index in [9.17, 15) is 17.8 Å². The minimum atomic E-state index is -4.09. The molecule has 2 heterocycles. The first-order chi connectivity index (χ1) is 15.4. The molecule has 0 aliphatic rings. The number of rotatable bonds is 7. The quantitative estimate of drug-likeness (QED) is 0.323. The second-order valence-corrected chi connectivity index (χ2v) is 9.68. The van der Waals surface area contributed by atoms with Crippen LogP contribution in [-0.2, 0) is 31.7 Å². The van der Waals surface area contributed by atoms with E-state index in [0.717, 1.165) is 0 Å². The van der Waals surface area contributed by atoms with E-state index in [-0.39, 0.29) is 27.1 Å². The van der Waals surface area contributed by atoms with Crippen molar-refractivity contribution in [1.29, 1.82) is 0 Å². The van der Waals surface area contributed by atoms with E-state index in [1.807, 2.05) is 0 Å². The Hall–Kier alpha value is -3.34. The minimum Gasteiger partial charge on any atom is -0.610 e. The van der Waals surface area contributed by atoms with E-state index in [1.165, 1.54) is 31.5 Å². The molecule has 1 atom stereocenters. The number of carbonyl (C=O) groups excluding carboxylic acids is 1. The van der Waals surface area contributed by atoms with Crippen LogP contribution < -0.4 is 4.72 Å². The molecule has 164 valence electrons. The Morgan fingerprint density at radius 2 is 1.88 bits per heavy atom. The molecule has 1 N–H and O–H groups in total. The Kier molecular flexibility index (Phi) is 6.17. The van der Waals surface area contributed by atoms with Crippen LogP contribution in [0.15, 0.2) is 87.5 Å². The van der Waals surface area contributed by atoms with Crippen molar-refractivity contribution >= 4 is 43.8 Å². The molecule has 2 aromatic heterocycles. The third-order valence-corrected chi connectivity index (χ3v) is 7.16. The Labute approximate surface area is 187 Å². The number of carbonyl (C=O) groups is 1. The molecule has 4 rings (SSSR count). The minimum absolute atomic E-state index is 0.0341. The maximum atomic E-state index is 13.1. The van der Waals surface area contributed by atoms with Crippen molar-refractivity contribution in [2.24, 2.45) is 0 Å². The highest BCUT2D eigenvalue weighted by Gasteiger charge is 2.26. The standard InChI is InChI=1S/C22H18N2O6S2/c1-29-22(25)17-9-4-2-8-16(17)14-31(26)21-18(10-6-12-23-21)24-32(27,28)20-13-15-7-3-5-11-19(15)30-20/h2-13,24H,14H2,1H3. The molecule has 32 heavy (non-hydrogen) atoms. The van der Waals surface area contributed by atoms with Crippen molar-refractivity contribution in [2.45, 2.75) is 15.9 Å². The monoisotopic (exact) mass is 470 g/mol. The van der Waals surface area contributed by atoms with Crippen molar-refractivity contribution < 1.29 is 26.9 Å². The van der Waals surface area contributed by atoms with Crippen molar-refractivity contribution in [3.8, 4) is 0 Å². The molecule has 0 aliphatic heterocycles. The van der Waals surface area contributed by atoms with Crippen molar-refractivity contribution in [2.75, 3.05) is 11.8 Å². The van der Waals surface area contributed by atoms with Crippen molar-refractivity contribution in [1.82, 2.24) is 4.98 Å². The molecule has 0 saturated carbocycles. The first-order valence-corrected chi connectivity index (χ1v) is 12.2. The van der Waals surface area contributed by atoms with Gasteiger partial charge >= 0.3 is 5.97 Å². The van der Waals surface area contributed by atoms with E-state index < -0.39 is 27.2 Å². The number of benzene rings is 2. The Balaban J connectivity index is 1.62. The average Bonchev–Trinajstić information content (AvgIpc) is 3.24. The lowest BCUT2D eigenvalue weighted by Crippen LogP contribution is -2.17. The number of nitrogens with zero attached hydrogens (tertiary/aromatic N) is 1. The van der Waals surface area contributed by atoms with Crippen LogP contribution in [0.25, 0.3) is 11.0 Å². The molecule has 0 amide bonds. The zero-order valence-corrected chi connectivity index (χ0v) is 18.5. The van der Waals surface area contributed by atoms with Gasteiger partial charge in [0.05, 0.1) is 12.7 Å². The number of ether oxygens (including phenoxy) is 1. The fraction of sp³-hybridized carbons (Fsp3) is 0.0909. The lowest BCUT2D eigenvalue weighted by Gasteiger charge is -2.15. The van der Waals surface area contributed by atoms with Crippen LogP contribution in [0.3, 0.4) is 0 Å². The van der Waals surface area contributed by atoms with E-state index in [0.29, 0.717) is 16.5 Å². The highest BCUT2D eigenvalue weighted by Crippen LogP contribution is 2.28. The third kappa shape index (κ3) is 4.47. The van der Waals surface area contributed by atoms with Gasteiger partial charge in [0.15, 0.2) is 0 Å². The summed E-state index contributed by atoms with van der Waals surface area (Å²) in [6, 6.07) is 17.9. The molecular weight excluding hydrogens is 452 g/mol. The third-order valence-electron chi connectivity index (χ3n) is 4.61. The fourth-order valence-corrected chi connectivity index (χ4v) is 5.41. The lowest BCUT2D eigenvalue weighted by molar-refractivity contribution is 0.0600. The maximum Gasteiger partial charge on any atom is 0.338 e. The molecule has 0 aliphatic carbocycles. The molecule has 0 bridgehead atoms. The second-order valence-electron chi connectivity index (χ2n) is 6.70. The van der Waals surface area contributed by atoms with Crippen molar-refractivity contribution in [3.63, 3.8) is 0 Å². The lowest BCUT2D eigenvalue weighted by atomic mass is 10.1. The fourth-order valence-electron chi connectivity index (χ4n) is 3.10. The van der Waals surface area contributed by atoms with Gasteiger partial charge in [0, 0.05) is 34.4 Å². The van der Waals surface area contributed by atoms with Crippen LogP contribution in [0.2, 0.25) is 0 Å². The van der Waals surface area contributed by atoms with Crippen LogP contribution in [0.4, 0.5) is 5.69 Å². The summed E-state index contributed by atoms with van der Waals surface area (Å²) in [4.78, 5) is 16.1. The first kappa shape index (κ1) is 21.9. The molecule has 10 heteroatoms. The summed E-state index contributed by atoms with van der Waals surface area (Å²) in [5.41, 5.74) is 1.27. The molecule has 0 fully saturated rings. The summed E-state index contributed by atoms with van der Waals surface area (Å²) in [6.45, 7) is 0. The number of furan rings is 1. The van der Waals surface area contributed by atoms with Gasteiger partial charge in [-0.05, 0) is 24.3 Å². The summed E-state index contributed by atoms with van der Waals surface area (Å²) in [6.07, 6.45) is 1.42. The zero-order valence-electron chi connectivity index (χ0n) is 16.8. The Morgan fingerprint density at radius 1 is 1.12 bits per heavy atom. The van der Waals surface area contributed by atoms with Gasteiger partial charge in [0.2, 0.25) is 5.09 Å². The SMILES string of the molecule is COC(=O)c1ccccc1C[S+]([O-])c1ncccc1NS(=O)(=O)c1cc2ccccc2o1. The highest BCUT2D eigenvalue weighted by atomic mass is 32.2. The van der Waals surface area contributed by atoms with Gasteiger partial charge in [-0.25, -0.2) is 9.78 Å². The molecule has 4 aromatic rings. The van der Waals surface area contributed by atoms with Gasteiger partial charge in [-0.15, -0.1) is 0 Å². The van der Waals surface area contributed by atoms with Crippen LogP contribution in [0.5, 0.6) is 0 Å². The predicted molar refractivity (Wildman–Crippen MR) is 119 cm³/mol. The van der Waals surface area contributed by atoms with Gasteiger partial charge in [-0.3, -0.25) is 4.72 Å². The molecule has 0 saturated heterocycles. The largest absolute Gasteiger partial charge is 0.610 e. The van der Waals surface area contributed by atoms with E-state index in [1.54, 1.807) is 48.5 Å². The molecule has 0 radical (unpaired) electrons. The Morgan fingerprint density at radius 3 is 2.66 bits per heavy atom. The molecule has 8 nitrogen and oxygen atoms in total. The van der Waals surface area contributed by atoms with E-state index >= 15 is 0 Å². The number of anilines is 1. The molecule has 2 aromatic carbocycles. The first-order valence-electron chi connectivity index (χ1n) is 9.40. The van der Waals surface area contributed by atoms with Gasteiger partial charge in [0.25, 0.3) is 15.0 Å². The van der Waals surface area contributed by atoms with Crippen LogP contribution in [0.1, 0.15) is 15.9 Å². The summed E-state index contributed by atoms with van der Waals surface area (Å²) >= 11 is -1.76. The highest BCUT2D eigenvalue weighted by molar-refractivity contribution is 7.93. The van der Waals surface area contributed by atoms with Gasteiger partial charge in [-0.1, -0.05) is 36.4 Å². The summed E-state index contributed by atoms with van der Waals surface area (Å²) in [5.74, 6) is -0.605. The number of aromatic nitrogens is 1. The molecule has 1 unspecified atom stereocenters. The van der Waals surface area contributed by atoms with Crippen molar-refractivity contribution in [3.05, 3.63) is 84.1 Å². The molecule has 0 spiro atoms. The summed E-state index contributed by atoms with van der Waals surface area (Å²) in [7, 11) is -2.83. The van der Waals surface area contributed by atoms with Crippen LogP contribution in [0, 0.1) is 0 Å². The van der Waals surface area contributed by atoms with E-state index in [4.69, 9.17) is 9.15 Å². The predicted octanol–water partition coefficient (Wildman–Crippen LogP) is 3.72. The number of pyridine rings is 1. The number of hydrogen-bond acceptors (Lipinski definition) is 7. The topological polar surface area (TPSA) is 122 Å². The number of para-hydroxylation sites is 1. The van der Waals surface area contributed by atoms with Gasteiger partial charge < -0.3 is 13.7 Å². The number of methoxy groups -OCH3 is 1. The number of fused-ring (bicyclic) bond motifs is 1. The number of sulfonamides is 1. The van der Waals surface area contributed by atoms with Gasteiger partial charge in [0.1, 0.15) is 17.0 Å². The van der Waals surface area contributed by atoms with Crippen LogP contribution in [-0.4, -0.2) is 31.0 Å². The molecular formula is C22H18N2O6S2. The normalized spacial score (nSPS) is 12.4. The van der Waals surface area contributed by atoms with Gasteiger partial charge in [-0.2, -0.15) is 8.42 Å². The smallest absolute Gasteiger partial charge is 0.338 e. The number of hydrogen-bond donors (Lipinski definition) is 1. The second kappa shape index (κ2) is 9.03. The summed E-state index contributed by atoms with van der Waals surface area (Å²) < 4.78 is 51.5. The number of esters is 1. The summed E-state index contributed by atoms with van der Waals surface area (Å²) in [5, 5.41) is 0.407. The maximum absolute atomic E-state index is 13.1. The van der Waals surface area contributed by atoms with Crippen LogP contribution >= 0.6 is 0 Å². The number of nitrogens with one attached hydrogen (secondary N) is 1. The zero-order chi connectivity index (χ0) is 22.7. The van der Waals surface area contributed by atoms with E-state index in [2.05, 4.69) is 9.71 Å². The average molecular weight is 471 g/mol. The Bertz CT molecular complexity index is 1350.